The van der Waals surface area contributed by atoms with Crippen LogP contribution in [0.3, 0.4) is 0 Å². The third kappa shape index (κ3) is 3.67. The lowest BCUT2D eigenvalue weighted by atomic mass is 10.1. The smallest absolute Gasteiger partial charge is 0.326 e. The first-order valence-corrected chi connectivity index (χ1v) is 6.45. The van der Waals surface area contributed by atoms with E-state index in [0.29, 0.717) is 5.56 Å². The minimum Gasteiger partial charge on any atom is -0.480 e. The summed E-state index contributed by atoms with van der Waals surface area (Å²) in [7, 11) is 0. The lowest BCUT2D eigenvalue weighted by molar-refractivity contribution is -0.139. The number of carbonyl (C=O) groups is 2. The van der Waals surface area contributed by atoms with Crippen LogP contribution in [0.1, 0.15) is 22.3 Å². The average molecular weight is 363 g/mol. The van der Waals surface area contributed by atoms with Crippen LogP contribution in [0.5, 0.6) is 0 Å². The molecule has 0 aliphatic rings. The van der Waals surface area contributed by atoms with Crippen molar-refractivity contribution < 1.29 is 19.8 Å². The van der Waals surface area contributed by atoms with Gasteiger partial charge in [0.15, 0.2) is 0 Å². The molecule has 0 saturated heterocycles. The van der Waals surface area contributed by atoms with E-state index >= 15 is 0 Å². The number of hydrogen-bond acceptors (Lipinski definition) is 3. The Bertz CT molecular complexity index is 461. The highest BCUT2D eigenvalue weighted by atomic mass is 127. The highest BCUT2D eigenvalue weighted by Gasteiger charge is 2.21. The highest BCUT2D eigenvalue weighted by Crippen LogP contribution is 2.16. The van der Waals surface area contributed by atoms with Crippen molar-refractivity contribution in [2.75, 3.05) is 6.61 Å². The Morgan fingerprint density at radius 2 is 2.11 bits per heavy atom. The largest absolute Gasteiger partial charge is 0.480 e. The molecule has 18 heavy (non-hydrogen) atoms. The number of aliphatic carboxylic acids is 1. The van der Waals surface area contributed by atoms with Gasteiger partial charge in [0.25, 0.3) is 5.91 Å². The van der Waals surface area contributed by atoms with E-state index in [1.54, 1.807) is 12.1 Å². The number of carboxylic acids is 1. The molecule has 0 aliphatic carbocycles. The molecule has 0 aromatic heterocycles. The third-order valence-corrected chi connectivity index (χ3v) is 3.89. The second kappa shape index (κ2) is 6.69. The monoisotopic (exact) mass is 363 g/mol. The zero-order chi connectivity index (χ0) is 13.7. The Balaban J connectivity index is 2.87. The number of amides is 1. The molecule has 0 radical (unpaired) electrons. The van der Waals surface area contributed by atoms with Gasteiger partial charge in [-0.15, -0.1) is 0 Å². The van der Waals surface area contributed by atoms with Crippen LogP contribution in [-0.2, 0) is 4.79 Å². The van der Waals surface area contributed by atoms with Gasteiger partial charge in [-0.05, 0) is 41.1 Å². The molecule has 0 heterocycles. The van der Waals surface area contributed by atoms with Crippen LogP contribution >= 0.6 is 22.6 Å². The Labute approximate surface area is 118 Å². The number of halogens is 1. The molecule has 0 saturated carbocycles. The van der Waals surface area contributed by atoms with E-state index in [1.807, 2.05) is 35.6 Å². The van der Waals surface area contributed by atoms with Crippen molar-refractivity contribution in [3.05, 3.63) is 32.9 Å². The third-order valence-electron chi connectivity index (χ3n) is 2.46. The molecule has 3 N–H and O–H groups in total. The van der Waals surface area contributed by atoms with Crippen LogP contribution < -0.4 is 5.32 Å². The number of benzene rings is 1. The lowest BCUT2D eigenvalue weighted by Crippen LogP contribution is -2.41. The fraction of sp³-hybridized carbons (Fsp3) is 0.333. The predicted octanol–water partition coefficient (Wildman–Crippen LogP) is 1.17. The van der Waals surface area contributed by atoms with Gasteiger partial charge < -0.3 is 15.5 Å². The van der Waals surface area contributed by atoms with Gasteiger partial charge >= 0.3 is 5.97 Å². The van der Waals surface area contributed by atoms with E-state index in [-0.39, 0.29) is 13.0 Å². The van der Waals surface area contributed by atoms with Gasteiger partial charge in [-0.3, -0.25) is 4.79 Å². The minimum absolute atomic E-state index is 0.0104. The molecule has 98 valence electrons. The van der Waals surface area contributed by atoms with Crippen LogP contribution in [-0.4, -0.2) is 34.7 Å². The van der Waals surface area contributed by atoms with Gasteiger partial charge in [-0.2, -0.15) is 0 Å². The highest BCUT2D eigenvalue weighted by molar-refractivity contribution is 14.1. The molecule has 0 aliphatic heterocycles. The van der Waals surface area contributed by atoms with Crippen LogP contribution in [0.15, 0.2) is 18.2 Å². The molecular weight excluding hydrogens is 349 g/mol. The number of rotatable bonds is 5. The first-order valence-electron chi connectivity index (χ1n) is 5.37. The Morgan fingerprint density at radius 3 is 2.67 bits per heavy atom. The molecule has 1 amide bonds. The lowest BCUT2D eigenvalue weighted by Gasteiger charge is -2.14. The molecular formula is C12H14INO4. The van der Waals surface area contributed by atoms with Crippen molar-refractivity contribution >= 4 is 34.5 Å². The summed E-state index contributed by atoms with van der Waals surface area (Å²) in [6.45, 7) is 1.59. The van der Waals surface area contributed by atoms with Crippen LogP contribution in [0.2, 0.25) is 0 Å². The number of carboxylic acid groups (broad SMARTS) is 1. The van der Waals surface area contributed by atoms with Crippen molar-refractivity contribution in [2.45, 2.75) is 19.4 Å². The number of hydrogen-bond donors (Lipinski definition) is 3. The summed E-state index contributed by atoms with van der Waals surface area (Å²) in [6.07, 6.45) is -0.0104. The molecule has 1 aromatic rings. The Kier molecular flexibility index (Phi) is 5.54. The zero-order valence-corrected chi connectivity index (χ0v) is 12.0. The van der Waals surface area contributed by atoms with E-state index < -0.39 is 17.9 Å². The second-order valence-corrected chi connectivity index (χ2v) is 4.89. The first-order chi connectivity index (χ1) is 8.47. The molecule has 1 aromatic carbocycles. The van der Waals surface area contributed by atoms with E-state index in [0.717, 1.165) is 9.13 Å². The fourth-order valence-corrected chi connectivity index (χ4v) is 2.05. The summed E-state index contributed by atoms with van der Waals surface area (Å²) >= 11 is 2.05. The van der Waals surface area contributed by atoms with Crippen molar-refractivity contribution in [3.63, 3.8) is 0 Å². The quantitative estimate of drug-likeness (QED) is 0.686. The Hall–Kier alpha value is -1.15. The van der Waals surface area contributed by atoms with Crippen LogP contribution in [0.4, 0.5) is 0 Å². The van der Waals surface area contributed by atoms with E-state index in [9.17, 15) is 9.59 Å². The second-order valence-electron chi connectivity index (χ2n) is 3.81. The molecule has 1 rings (SSSR count). The van der Waals surface area contributed by atoms with E-state index in [4.69, 9.17) is 10.2 Å². The molecule has 0 bridgehead atoms. The fourth-order valence-electron chi connectivity index (χ4n) is 1.45. The average Bonchev–Trinajstić information content (AvgIpc) is 2.31. The first kappa shape index (κ1) is 14.9. The van der Waals surface area contributed by atoms with Crippen LogP contribution in [0.25, 0.3) is 0 Å². The molecule has 6 heteroatoms. The Morgan fingerprint density at radius 1 is 1.44 bits per heavy atom. The van der Waals surface area contributed by atoms with Gasteiger partial charge in [0.2, 0.25) is 0 Å². The zero-order valence-electron chi connectivity index (χ0n) is 9.81. The predicted molar refractivity (Wildman–Crippen MR) is 74.5 cm³/mol. The van der Waals surface area contributed by atoms with Gasteiger partial charge in [-0.25, -0.2) is 4.79 Å². The van der Waals surface area contributed by atoms with Gasteiger partial charge in [0.05, 0.1) is 5.56 Å². The number of aliphatic hydroxyl groups excluding tert-OH is 1. The molecule has 0 fully saturated rings. The summed E-state index contributed by atoms with van der Waals surface area (Å²) in [4.78, 5) is 22.8. The number of aliphatic hydroxyl groups is 1. The maximum Gasteiger partial charge on any atom is 0.326 e. The van der Waals surface area contributed by atoms with Gasteiger partial charge in [0.1, 0.15) is 6.04 Å². The minimum atomic E-state index is -1.15. The summed E-state index contributed by atoms with van der Waals surface area (Å²) < 4.78 is 0.792. The number of nitrogens with one attached hydrogen (secondary N) is 1. The van der Waals surface area contributed by atoms with Crippen LogP contribution in [0, 0.1) is 10.5 Å². The van der Waals surface area contributed by atoms with E-state index in [2.05, 4.69) is 5.32 Å². The summed E-state index contributed by atoms with van der Waals surface area (Å²) in [5.41, 5.74) is 1.40. The van der Waals surface area contributed by atoms with Gasteiger partial charge in [-0.1, -0.05) is 12.1 Å². The molecule has 0 spiro atoms. The van der Waals surface area contributed by atoms with E-state index in [1.165, 1.54) is 0 Å². The standard InChI is InChI=1S/C12H14INO4/c1-7-3-2-4-8(10(7)13)11(16)14-9(5-6-15)12(17)18/h2-4,9,15H,5-6H2,1H3,(H,14,16)(H,17,18)/t9-/m0/s1. The normalized spacial score (nSPS) is 11.9. The van der Waals surface area contributed by atoms with Gasteiger partial charge in [0, 0.05) is 16.6 Å². The number of carbonyl (C=O) groups excluding carboxylic acids is 1. The van der Waals surface area contributed by atoms with Crippen molar-refractivity contribution in [1.29, 1.82) is 0 Å². The summed E-state index contributed by atoms with van der Waals surface area (Å²) in [6, 6.07) is 4.19. The summed E-state index contributed by atoms with van der Waals surface area (Å²) in [5.74, 6) is -1.59. The van der Waals surface area contributed by atoms with Crippen molar-refractivity contribution in [1.82, 2.24) is 5.32 Å². The maximum atomic E-state index is 11.9. The topological polar surface area (TPSA) is 86.6 Å². The van der Waals surface area contributed by atoms with Crippen molar-refractivity contribution in [2.24, 2.45) is 0 Å². The molecule has 5 nitrogen and oxygen atoms in total. The molecule has 1 atom stereocenters. The number of aryl methyl sites for hydroxylation is 1. The SMILES string of the molecule is Cc1cccc(C(=O)N[C@@H](CCO)C(=O)O)c1I. The van der Waals surface area contributed by atoms with Crippen molar-refractivity contribution in [3.8, 4) is 0 Å². The summed E-state index contributed by atoms with van der Waals surface area (Å²) in [5, 5.41) is 20.0. The maximum absolute atomic E-state index is 11.9. The molecule has 0 unspecified atom stereocenters.